The number of carbonyl (C=O) groups is 2. The molecular weight excluding hydrogens is 292 g/mol. The molecule has 2 N–H and O–H groups in total. The molecule has 1 heterocycles. The molecule has 2 aromatic carbocycles. The monoisotopic (exact) mass is 310 g/mol. The largest absolute Gasteiger partial charge is 0.508 e. The maximum Gasteiger partial charge on any atom is 0.229 e. The molecule has 1 fully saturated rings. The van der Waals surface area contributed by atoms with Gasteiger partial charge in [0.1, 0.15) is 5.75 Å². The Balaban J connectivity index is 1.69. The Kier molecular flexibility index (Phi) is 4.02. The van der Waals surface area contributed by atoms with Gasteiger partial charge in [-0.15, -0.1) is 0 Å². The molecule has 5 nitrogen and oxygen atoms in total. The van der Waals surface area contributed by atoms with Gasteiger partial charge in [-0.25, -0.2) is 0 Å². The van der Waals surface area contributed by atoms with Gasteiger partial charge in [0.15, 0.2) is 0 Å². The van der Waals surface area contributed by atoms with Crippen molar-refractivity contribution in [2.45, 2.75) is 13.3 Å². The standard InChI is InChI=1S/C18H18N2O3/c1-12-5-7-15(8-6-12)20-11-13(9-17(20)22)18(23)19-14-3-2-4-16(21)10-14/h2-8,10,13,21H,9,11H2,1H3,(H,19,23). The van der Waals surface area contributed by atoms with Crippen molar-refractivity contribution in [1.82, 2.24) is 0 Å². The zero-order valence-corrected chi connectivity index (χ0v) is 12.8. The Labute approximate surface area is 134 Å². The molecule has 0 spiro atoms. The lowest BCUT2D eigenvalue weighted by molar-refractivity contribution is -0.122. The Morgan fingerprint density at radius 1 is 1.22 bits per heavy atom. The number of phenolic OH excluding ortho intramolecular Hbond substituents is 1. The summed E-state index contributed by atoms with van der Waals surface area (Å²) in [6.07, 6.45) is 0.193. The first kappa shape index (κ1) is 15.1. The van der Waals surface area contributed by atoms with Crippen molar-refractivity contribution in [3.05, 3.63) is 54.1 Å². The van der Waals surface area contributed by atoms with E-state index >= 15 is 0 Å². The molecule has 1 aliphatic rings. The van der Waals surface area contributed by atoms with Gasteiger partial charge in [-0.05, 0) is 31.2 Å². The lowest BCUT2D eigenvalue weighted by Gasteiger charge is -2.17. The van der Waals surface area contributed by atoms with Crippen LogP contribution < -0.4 is 10.2 Å². The maximum atomic E-state index is 12.3. The van der Waals surface area contributed by atoms with Crippen LogP contribution in [0.25, 0.3) is 0 Å². The summed E-state index contributed by atoms with van der Waals surface area (Å²) >= 11 is 0. The first-order valence-electron chi connectivity index (χ1n) is 7.50. The number of amides is 2. The second-order valence-corrected chi connectivity index (χ2v) is 5.78. The number of carbonyl (C=O) groups excluding carboxylic acids is 2. The fourth-order valence-electron chi connectivity index (χ4n) is 2.69. The zero-order chi connectivity index (χ0) is 16.4. The van der Waals surface area contributed by atoms with E-state index in [1.165, 1.54) is 12.1 Å². The SMILES string of the molecule is Cc1ccc(N2CC(C(=O)Nc3cccc(O)c3)CC2=O)cc1. The van der Waals surface area contributed by atoms with Gasteiger partial charge < -0.3 is 15.3 Å². The molecule has 5 heteroatoms. The molecule has 0 radical (unpaired) electrons. The summed E-state index contributed by atoms with van der Waals surface area (Å²) < 4.78 is 0. The van der Waals surface area contributed by atoms with E-state index in [0.29, 0.717) is 12.2 Å². The number of nitrogens with zero attached hydrogens (tertiary/aromatic N) is 1. The zero-order valence-electron chi connectivity index (χ0n) is 12.8. The van der Waals surface area contributed by atoms with E-state index in [9.17, 15) is 14.7 Å². The van der Waals surface area contributed by atoms with Crippen LogP contribution in [0.3, 0.4) is 0 Å². The maximum absolute atomic E-state index is 12.3. The van der Waals surface area contributed by atoms with Gasteiger partial charge in [0.2, 0.25) is 11.8 Å². The first-order valence-corrected chi connectivity index (χ1v) is 7.50. The highest BCUT2D eigenvalue weighted by Crippen LogP contribution is 2.26. The van der Waals surface area contributed by atoms with Crippen LogP contribution >= 0.6 is 0 Å². The lowest BCUT2D eigenvalue weighted by atomic mass is 10.1. The molecule has 118 valence electrons. The van der Waals surface area contributed by atoms with Crippen LogP contribution in [-0.4, -0.2) is 23.5 Å². The second kappa shape index (κ2) is 6.12. The number of phenols is 1. The predicted octanol–water partition coefficient (Wildman–Crippen LogP) is 2.69. The van der Waals surface area contributed by atoms with Crippen LogP contribution in [-0.2, 0) is 9.59 Å². The molecular formula is C18H18N2O3. The number of benzene rings is 2. The summed E-state index contributed by atoms with van der Waals surface area (Å²) in [5.41, 5.74) is 2.46. The van der Waals surface area contributed by atoms with Gasteiger partial charge >= 0.3 is 0 Å². The quantitative estimate of drug-likeness (QED) is 0.916. The number of hydrogen-bond acceptors (Lipinski definition) is 3. The highest BCUT2D eigenvalue weighted by Gasteiger charge is 2.35. The van der Waals surface area contributed by atoms with Crippen LogP contribution in [0.2, 0.25) is 0 Å². The van der Waals surface area contributed by atoms with Crippen LogP contribution in [0.1, 0.15) is 12.0 Å². The van der Waals surface area contributed by atoms with Crippen LogP contribution in [0, 0.1) is 12.8 Å². The molecule has 2 amide bonds. The van der Waals surface area contributed by atoms with Gasteiger partial charge in [-0.3, -0.25) is 9.59 Å². The van der Waals surface area contributed by atoms with Crippen molar-refractivity contribution in [2.24, 2.45) is 5.92 Å². The van der Waals surface area contributed by atoms with E-state index in [2.05, 4.69) is 5.32 Å². The van der Waals surface area contributed by atoms with Gasteiger partial charge in [-0.2, -0.15) is 0 Å². The summed E-state index contributed by atoms with van der Waals surface area (Å²) in [5, 5.41) is 12.2. The highest BCUT2D eigenvalue weighted by atomic mass is 16.3. The molecule has 1 atom stereocenters. The number of hydrogen-bond donors (Lipinski definition) is 2. The van der Waals surface area contributed by atoms with Crippen molar-refractivity contribution in [3.8, 4) is 5.75 Å². The molecule has 3 rings (SSSR count). The minimum Gasteiger partial charge on any atom is -0.508 e. The Hall–Kier alpha value is -2.82. The van der Waals surface area contributed by atoms with Crippen molar-refractivity contribution in [1.29, 1.82) is 0 Å². The fraction of sp³-hybridized carbons (Fsp3) is 0.222. The molecule has 0 saturated carbocycles. The minimum absolute atomic E-state index is 0.0510. The van der Waals surface area contributed by atoms with Gasteiger partial charge in [0.05, 0.1) is 5.92 Å². The summed E-state index contributed by atoms with van der Waals surface area (Å²) in [4.78, 5) is 26.2. The molecule has 0 aliphatic carbocycles. The summed E-state index contributed by atoms with van der Waals surface area (Å²) in [6, 6.07) is 14.0. The highest BCUT2D eigenvalue weighted by molar-refractivity contribution is 6.03. The number of rotatable bonds is 3. The van der Waals surface area contributed by atoms with E-state index in [0.717, 1.165) is 11.3 Å². The van der Waals surface area contributed by atoms with Crippen LogP contribution in [0.15, 0.2) is 48.5 Å². The summed E-state index contributed by atoms with van der Waals surface area (Å²) in [5.74, 6) is -0.568. The topological polar surface area (TPSA) is 69.6 Å². The Morgan fingerprint density at radius 2 is 1.96 bits per heavy atom. The first-order chi connectivity index (χ1) is 11.0. The molecule has 2 aromatic rings. The van der Waals surface area contributed by atoms with Gasteiger partial charge in [-0.1, -0.05) is 23.8 Å². The smallest absolute Gasteiger partial charge is 0.229 e. The van der Waals surface area contributed by atoms with E-state index in [-0.39, 0.29) is 24.0 Å². The van der Waals surface area contributed by atoms with Crippen LogP contribution in [0.5, 0.6) is 5.75 Å². The normalized spacial score (nSPS) is 17.3. The average Bonchev–Trinajstić information content (AvgIpc) is 2.90. The molecule has 0 aromatic heterocycles. The van der Waals surface area contributed by atoms with Gasteiger partial charge in [0, 0.05) is 30.4 Å². The fourth-order valence-corrected chi connectivity index (χ4v) is 2.69. The third kappa shape index (κ3) is 3.34. The summed E-state index contributed by atoms with van der Waals surface area (Å²) in [7, 11) is 0. The summed E-state index contributed by atoms with van der Waals surface area (Å²) in [6.45, 7) is 2.35. The average molecular weight is 310 g/mol. The molecule has 23 heavy (non-hydrogen) atoms. The van der Waals surface area contributed by atoms with Crippen molar-refractivity contribution >= 4 is 23.2 Å². The van der Waals surface area contributed by atoms with E-state index < -0.39 is 5.92 Å². The van der Waals surface area contributed by atoms with Gasteiger partial charge in [0.25, 0.3) is 0 Å². The number of aromatic hydroxyl groups is 1. The molecule has 1 unspecified atom stereocenters. The number of nitrogens with one attached hydrogen (secondary N) is 1. The lowest BCUT2D eigenvalue weighted by Crippen LogP contribution is -2.28. The van der Waals surface area contributed by atoms with Crippen molar-refractivity contribution in [3.63, 3.8) is 0 Å². The minimum atomic E-state index is -0.397. The Morgan fingerprint density at radius 3 is 2.65 bits per heavy atom. The molecule has 0 bridgehead atoms. The second-order valence-electron chi connectivity index (χ2n) is 5.78. The third-order valence-corrected chi connectivity index (χ3v) is 3.96. The van der Waals surface area contributed by atoms with Crippen LogP contribution in [0.4, 0.5) is 11.4 Å². The molecule has 1 aliphatic heterocycles. The van der Waals surface area contributed by atoms with Crippen molar-refractivity contribution < 1.29 is 14.7 Å². The molecule has 1 saturated heterocycles. The number of aryl methyl sites for hydroxylation is 1. The van der Waals surface area contributed by atoms with Crippen molar-refractivity contribution in [2.75, 3.05) is 16.8 Å². The Bertz CT molecular complexity index is 740. The van der Waals surface area contributed by atoms with E-state index in [1.54, 1.807) is 17.0 Å². The predicted molar refractivity (Wildman–Crippen MR) is 88.4 cm³/mol. The van der Waals surface area contributed by atoms with E-state index in [1.807, 2.05) is 31.2 Å². The van der Waals surface area contributed by atoms with E-state index in [4.69, 9.17) is 0 Å². The third-order valence-electron chi connectivity index (χ3n) is 3.96. The number of anilines is 2.